The number of amides is 1. The van der Waals surface area contributed by atoms with Crippen LogP contribution in [0.5, 0.6) is 5.75 Å². The summed E-state index contributed by atoms with van der Waals surface area (Å²) >= 11 is 0. The number of halogens is 2. The number of benzene rings is 1. The molecule has 0 saturated carbocycles. The van der Waals surface area contributed by atoms with Crippen molar-refractivity contribution in [2.45, 2.75) is 13.5 Å². The maximum Gasteiger partial charge on any atom is 0.279 e. The summed E-state index contributed by atoms with van der Waals surface area (Å²) < 4.78 is 34.1. The Morgan fingerprint density at radius 1 is 1.26 bits per heavy atom. The topological polar surface area (TPSA) is 64.4 Å². The van der Waals surface area contributed by atoms with Crippen LogP contribution in [0.2, 0.25) is 0 Å². The summed E-state index contributed by atoms with van der Waals surface area (Å²) in [6.07, 6.45) is 0. The molecule has 2 aromatic rings. The molecular formula is C15H13F2N3O3. The van der Waals surface area contributed by atoms with E-state index >= 15 is 0 Å². The molecule has 6 nitrogen and oxygen atoms in total. The van der Waals surface area contributed by atoms with Crippen molar-refractivity contribution < 1.29 is 18.3 Å². The van der Waals surface area contributed by atoms with Crippen molar-refractivity contribution in [2.24, 2.45) is 0 Å². The third kappa shape index (κ3) is 2.56. The molecule has 120 valence electrons. The van der Waals surface area contributed by atoms with E-state index in [4.69, 9.17) is 4.74 Å². The maximum absolute atomic E-state index is 14.1. The molecule has 1 aromatic heterocycles. The van der Waals surface area contributed by atoms with Crippen molar-refractivity contribution in [1.29, 1.82) is 0 Å². The van der Waals surface area contributed by atoms with Crippen LogP contribution >= 0.6 is 0 Å². The molecule has 0 radical (unpaired) electrons. The van der Waals surface area contributed by atoms with E-state index in [1.54, 1.807) is 6.92 Å². The van der Waals surface area contributed by atoms with Crippen molar-refractivity contribution >= 4 is 11.6 Å². The van der Waals surface area contributed by atoms with Crippen LogP contribution in [0.1, 0.15) is 17.4 Å². The van der Waals surface area contributed by atoms with Crippen LogP contribution in [0.15, 0.2) is 29.1 Å². The van der Waals surface area contributed by atoms with Gasteiger partial charge in [-0.2, -0.15) is 5.10 Å². The molecule has 0 spiro atoms. The second-order valence-electron chi connectivity index (χ2n) is 4.88. The van der Waals surface area contributed by atoms with E-state index in [1.165, 1.54) is 12.1 Å². The number of ether oxygens (including phenoxy) is 1. The molecule has 0 unspecified atom stereocenters. The second-order valence-corrected chi connectivity index (χ2v) is 4.88. The van der Waals surface area contributed by atoms with Gasteiger partial charge < -0.3 is 4.74 Å². The average Bonchev–Trinajstić information content (AvgIpc) is 2.57. The number of aromatic nitrogens is 2. The highest BCUT2D eigenvalue weighted by molar-refractivity contribution is 6.05. The first-order chi connectivity index (χ1) is 11.0. The summed E-state index contributed by atoms with van der Waals surface area (Å²) in [5.41, 5.74) is -0.621. The van der Waals surface area contributed by atoms with Crippen molar-refractivity contribution in [3.63, 3.8) is 0 Å². The lowest BCUT2D eigenvalue weighted by molar-refractivity contribution is 0.0967. The van der Waals surface area contributed by atoms with Crippen LogP contribution < -0.4 is 15.2 Å². The van der Waals surface area contributed by atoms with E-state index in [2.05, 4.69) is 5.10 Å². The average molecular weight is 321 g/mol. The fourth-order valence-electron chi connectivity index (χ4n) is 2.39. The lowest BCUT2D eigenvalue weighted by Crippen LogP contribution is -2.40. The standard InChI is InChI=1S/C15H13F2N3O3/c1-2-20-12(21)6-5-11(18-20)15(22)19-7-8-23-14-10(17)4-3-9(16)13(14)19/h3-6H,2,7-8H2,1H3. The van der Waals surface area contributed by atoms with E-state index in [-0.39, 0.29) is 35.8 Å². The van der Waals surface area contributed by atoms with Gasteiger partial charge in [0.1, 0.15) is 18.0 Å². The van der Waals surface area contributed by atoms with Gasteiger partial charge in [-0.25, -0.2) is 13.5 Å². The highest BCUT2D eigenvalue weighted by Crippen LogP contribution is 2.37. The molecule has 2 heterocycles. The number of rotatable bonds is 2. The van der Waals surface area contributed by atoms with Crippen molar-refractivity contribution in [3.05, 3.63) is 51.9 Å². The molecule has 0 N–H and O–H groups in total. The summed E-state index contributed by atoms with van der Waals surface area (Å²) in [7, 11) is 0. The Hall–Kier alpha value is -2.77. The number of hydrogen-bond donors (Lipinski definition) is 0. The Balaban J connectivity index is 2.06. The summed E-state index contributed by atoms with van der Waals surface area (Å²) in [6.45, 7) is 2.09. The highest BCUT2D eigenvalue weighted by atomic mass is 19.1. The predicted octanol–water partition coefficient (Wildman–Crippen LogP) is 1.58. The van der Waals surface area contributed by atoms with Crippen LogP contribution in [0, 0.1) is 11.6 Å². The molecule has 0 bridgehead atoms. The first-order valence-electron chi connectivity index (χ1n) is 7.03. The van der Waals surface area contributed by atoms with Gasteiger partial charge in [0.15, 0.2) is 17.4 Å². The van der Waals surface area contributed by atoms with Crippen molar-refractivity contribution in [2.75, 3.05) is 18.1 Å². The minimum atomic E-state index is -0.765. The Morgan fingerprint density at radius 3 is 2.74 bits per heavy atom. The van der Waals surface area contributed by atoms with E-state index in [9.17, 15) is 18.4 Å². The summed E-state index contributed by atoms with van der Waals surface area (Å²) in [6, 6.07) is 4.36. The SMILES string of the molecule is CCn1nc(C(=O)N2CCOc3c(F)ccc(F)c32)ccc1=O. The van der Waals surface area contributed by atoms with E-state index in [0.29, 0.717) is 6.54 Å². The monoisotopic (exact) mass is 321 g/mol. The van der Waals surface area contributed by atoms with Gasteiger partial charge in [-0.05, 0) is 25.1 Å². The number of anilines is 1. The molecule has 1 aliphatic heterocycles. The second kappa shape index (κ2) is 5.79. The molecule has 1 amide bonds. The zero-order chi connectivity index (χ0) is 16.6. The third-order valence-electron chi connectivity index (χ3n) is 3.50. The van der Waals surface area contributed by atoms with Crippen LogP contribution in [-0.2, 0) is 6.54 Å². The number of carbonyl (C=O) groups is 1. The largest absolute Gasteiger partial charge is 0.486 e. The minimum Gasteiger partial charge on any atom is -0.486 e. The molecule has 1 aliphatic rings. The van der Waals surface area contributed by atoms with Gasteiger partial charge in [0.25, 0.3) is 11.5 Å². The zero-order valence-electron chi connectivity index (χ0n) is 12.3. The Morgan fingerprint density at radius 2 is 2.00 bits per heavy atom. The smallest absolute Gasteiger partial charge is 0.279 e. The number of aryl methyl sites for hydroxylation is 1. The van der Waals surface area contributed by atoms with Crippen molar-refractivity contribution in [1.82, 2.24) is 9.78 Å². The van der Waals surface area contributed by atoms with Crippen LogP contribution in [-0.4, -0.2) is 28.8 Å². The lowest BCUT2D eigenvalue weighted by Gasteiger charge is -2.29. The molecule has 8 heteroatoms. The van der Waals surface area contributed by atoms with Crippen LogP contribution in [0.25, 0.3) is 0 Å². The molecule has 3 rings (SSSR count). The van der Waals surface area contributed by atoms with Gasteiger partial charge in [-0.15, -0.1) is 0 Å². The fraction of sp³-hybridized carbons (Fsp3) is 0.267. The Kier molecular flexibility index (Phi) is 3.81. The molecule has 0 aliphatic carbocycles. The molecule has 0 atom stereocenters. The zero-order valence-corrected chi connectivity index (χ0v) is 12.3. The van der Waals surface area contributed by atoms with E-state index < -0.39 is 17.5 Å². The summed E-state index contributed by atoms with van der Waals surface area (Å²) in [5, 5.41) is 3.95. The van der Waals surface area contributed by atoms with E-state index in [1.807, 2.05) is 0 Å². The van der Waals surface area contributed by atoms with Gasteiger partial charge in [0.05, 0.1) is 6.54 Å². The Labute approximate surface area is 129 Å². The van der Waals surface area contributed by atoms with Gasteiger partial charge >= 0.3 is 0 Å². The van der Waals surface area contributed by atoms with Gasteiger partial charge in [-0.1, -0.05) is 0 Å². The summed E-state index contributed by atoms with van der Waals surface area (Å²) in [4.78, 5) is 25.2. The number of hydrogen-bond acceptors (Lipinski definition) is 4. The molecule has 0 saturated heterocycles. The minimum absolute atomic E-state index is 0.0250. The molecule has 0 fully saturated rings. The molecule has 1 aromatic carbocycles. The van der Waals surface area contributed by atoms with Gasteiger partial charge in [0, 0.05) is 12.6 Å². The first kappa shape index (κ1) is 15.1. The number of nitrogens with zero attached hydrogens (tertiary/aromatic N) is 3. The number of carbonyl (C=O) groups excluding carboxylic acids is 1. The molecule has 23 heavy (non-hydrogen) atoms. The molecular weight excluding hydrogens is 308 g/mol. The lowest BCUT2D eigenvalue weighted by atomic mass is 10.2. The Bertz CT molecular complexity index is 835. The van der Waals surface area contributed by atoms with Crippen LogP contribution in [0.4, 0.5) is 14.5 Å². The normalized spacial score (nSPS) is 13.4. The van der Waals surface area contributed by atoms with E-state index in [0.717, 1.165) is 21.7 Å². The van der Waals surface area contributed by atoms with Gasteiger partial charge in [0.2, 0.25) is 0 Å². The first-order valence-corrected chi connectivity index (χ1v) is 7.03. The van der Waals surface area contributed by atoms with Gasteiger partial charge in [-0.3, -0.25) is 14.5 Å². The predicted molar refractivity (Wildman–Crippen MR) is 77.7 cm³/mol. The fourth-order valence-corrected chi connectivity index (χ4v) is 2.39. The third-order valence-corrected chi connectivity index (χ3v) is 3.50. The summed E-state index contributed by atoms with van der Waals surface area (Å²) in [5.74, 6) is -2.43. The van der Waals surface area contributed by atoms with Crippen LogP contribution in [0.3, 0.4) is 0 Å². The maximum atomic E-state index is 14.1. The quantitative estimate of drug-likeness (QED) is 0.842. The number of fused-ring (bicyclic) bond motifs is 1. The highest BCUT2D eigenvalue weighted by Gasteiger charge is 2.31. The van der Waals surface area contributed by atoms with Crippen molar-refractivity contribution in [3.8, 4) is 5.75 Å².